The zero-order chi connectivity index (χ0) is 22.7. The van der Waals surface area contributed by atoms with Crippen molar-refractivity contribution in [2.75, 3.05) is 10.6 Å². The van der Waals surface area contributed by atoms with E-state index in [4.69, 9.17) is 0 Å². The average molecular weight is 449 g/mol. The van der Waals surface area contributed by atoms with E-state index < -0.39 is 10.0 Å². The molecule has 1 aliphatic carbocycles. The molecule has 166 valence electrons. The minimum absolute atomic E-state index is 0.0908. The van der Waals surface area contributed by atoms with E-state index in [1.165, 1.54) is 28.1 Å². The van der Waals surface area contributed by atoms with E-state index in [1.807, 2.05) is 25.1 Å². The van der Waals surface area contributed by atoms with Crippen LogP contribution in [0.4, 0.5) is 5.69 Å². The van der Waals surface area contributed by atoms with Crippen molar-refractivity contribution in [3.63, 3.8) is 0 Å². The van der Waals surface area contributed by atoms with Gasteiger partial charge in [-0.2, -0.15) is 0 Å². The minimum Gasteiger partial charge on any atom is -0.346 e. The number of fused-ring (bicyclic) bond motifs is 1. The average Bonchev–Trinajstić information content (AvgIpc) is 3.25. The molecule has 0 aromatic heterocycles. The Balaban J connectivity index is 1.44. The van der Waals surface area contributed by atoms with Crippen LogP contribution in [0.15, 0.2) is 72.8 Å². The number of aryl methyl sites for hydroxylation is 2. The lowest BCUT2D eigenvalue weighted by Gasteiger charge is -2.22. The van der Waals surface area contributed by atoms with Gasteiger partial charge in [0.1, 0.15) is 0 Å². The van der Waals surface area contributed by atoms with E-state index in [-0.39, 0.29) is 18.5 Å². The highest BCUT2D eigenvalue weighted by Gasteiger charge is 2.19. The van der Waals surface area contributed by atoms with Crippen molar-refractivity contribution in [3.05, 3.63) is 101 Å². The number of benzene rings is 3. The first-order valence-electron chi connectivity index (χ1n) is 10.9. The van der Waals surface area contributed by atoms with E-state index >= 15 is 0 Å². The van der Waals surface area contributed by atoms with Crippen molar-refractivity contribution in [2.24, 2.45) is 0 Å². The third-order valence-corrected chi connectivity index (χ3v) is 7.10. The number of nitrogens with one attached hydrogen (secondary N) is 1. The largest absolute Gasteiger partial charge is 0.346 e. The van der Waals surface area contributed by atoms with Crippen LogP contribution in [0.2, 0.25) is 0 Å². The van der Waals surface area contributed by atoms with Gasteiger partial charge in [-0.15, -0.1) is 0 Å². The number of amides is 1. The van der Waals surface area contributed by atoms with Crippen LogP contribution in [-0.4, -0.2) is 20.6 Å². The summed E-state index contributed by atoms with van der Waals surface area (Å²) in [7, 11) is -3.44. The number of para-hydroxylation sites is 1. The second-order valence-corrected chi connectivity index (χ2v) is 10.3. The summed E-state index contributed by atoms with van der Waals surface area (Å²) < 4.78 is 26.0. The maximum atomic E-state index is 12.8. The highest BCUT2D eigenvalue weighted by molar-refractivity contribution is 7.92. The SMILES string of the molecule is CC(NC(=O)c1ccc(CN(c2ccccc2)S(C)(=O)=O)cc1)c1ccc2c(c1)CCC2. The summed E-state index contributed by atoms with van der Waals surface area (Å²) in [4.78, 5) is 12.8. The minimum atomic E-state index is -3.44. The molecule has 1 unspecified atom stereocenters. The molecule has 0 radical (unpaired) electrons. The summed E-state index contributed by atoms with van der Waals surface area (Å²) in [5.74, 6) is -0.146. The number of rotatable bonds is 7. The molecule has 3 aromatic rings. The van der Waals surface area contributed by atoms with Crippen LogP contribution in [0, 0.1) is 0 Å². The number of carbonyl (C=O) groups excluding carboxylic acids is 1. The molecule has 0 saturated heterocycles. The number of sulfonamides is 1. The van der Waals surface area contributed by atoms with E-state index in [0.29, 0.717) is 11.3 Å². The maximum Gasteiger partial charge on any atom is 0.251 e. The normalized spacial score (nSPS) is 13.9. The quantitative estimate of drug-likeness (QED) is 0.573. The number of nitrogens with zero attached hydrogens (tertiary/aromatic N) is 1. The number of hydrogen-bond donors (Lipinski definition) is 1. The van der Waals surface area contributed by atoms with Gasteiger partial charge < -0.3 is 5.32 Å². The van der Waals surface area contributed by atoms with Gasteiger partial charge >= 0.3 is 0 Å². The Morgan fingerprint density at radius 1 is 0.969 bits per heavy atom. The van der Waals surface area contributed by atoms with Gasteiger partial charge in [-0.3, -0.25) is 9.10 Å². The maximum absolute atomic E-state index is 12.8. The van der Waals surface area contributed by atoms with E-state index in [0.717, 1.165) is 24.0 Å². The van der Waals surface area contributed by atoms with E-state index in [1.54, 1.807) is 36.4 Å². The fourth-order valence-electron chi connectivity index (χ4n) is 4.15. The lowest BCUT2D eigenvalue weighted by Crippen LogP contribution is -2.29. The highest BCUT2D eigenvalue weighted by atomic mass is 32.2. The third kappa shape index (κ3) is 5.02. The van der Waals surface area contributed by atoms with Crippen LogP contribution in [0.1, 0.15) is 52.0 Å². The predicted molar refractivity (Wildman–Crippen MR) is 128 cm³/mol. The lowest BCUT2D eigenvalue weighted by molar-refractivity contribution is 0.0940. The van der Waals surface area contributed by atoms with Gasteiger partial charge in [0.05, 0.1) is 24.5 Å². The van der Waals surface area contributed by atoms with Crippen molar-refractivity contribution in [2.45, 2.75) is 38.8 Å². The monoisotopic (exact) mass is 448 g/mol. The molecule has 0 saturated carbocycles. The van der Waals surface area contributed by atoms with Gasteiger partial charge in [-0.25, -0.2) is 8.42 Å². The fraction of sp³-hybridized carbons (Fsp3) is 0.269. The molecule has 6 heteroatoms. The number of anilines is 1. The zero-order valence-electron chi connectivity index (χ0n) is 18.4. The smallest absolute Gasteiger partial charge is 0.251 e. The van der Waals surface area contributed by atoms with Gasteiger partial charge in [0, 0.05) is 5.56 Å². The molecule has 3 aromatic carbocycles. The summed E-state index contributed by atoms with van der Waals surface area (Å²) in [5, 5.41) is 3.07. The summed E-state index contributed by atoms with van der Waals surface area (Å²) in [6.45, 7) is 2.20. The Morgan fingerprint density at radius 2 is 1.66 bits per heavy atom. The first kappa shape index (κ1) is 22.1. The first-order chi connectivity index (χ1) is 15.3. The molecule has 1 amide bonds. The van der Waals surface area contributed by atoms with Crippen molar-refractivity contribution < 1.29 is 13.2 Å². The number of carbonyl (C=O) groups is 1. The molecule has 0 spiro atoms. The van der Waals surface area contributed by atoms with Crippen molar-refractivity contribution in [1.29, 1.82) is 0 Å². The molecule has 0 bridgehead atoms. The predicted octanol–water partition coefficient (Wildman–Crippen LogP) is 4.63. The Bertz CT molecular complexity index is 1210. The van der Waals surface area contributed by atoms with Crippen LogP contribution in [0.3, 0.4) is 0 Å². The van der Waals surface area contributed by atoms with Crippen LogP contribution < -0.4 is 9.62 Å². The standard InChI is InChI=1S/C26H28N2O3S/c1-19(23-16-15-21-7-6-8-24(21)17-23)27-26(29)22-13-11-20(12-14-22)18-28(32(2,30)31)25-9-4-3-5-10-25/h3-5,9-17,19H,6-8,18H2,1-2H3,(H,27,29). The van der Waals surface area contributed by atoms with Crippen molar-refractivity contribution >= 4 is 21.6 Å². The van der Waals surface area contributed by atoms with Gasteiger partial charge in [0.2, 0.25) is 10.0 Å². The Labute approximate surface area is 190 Å². The summed E-state index contributed by atoms with van der Waals surface area (Å²) in [5.41, 5.74) is 5.89. The van der Waals surface area contributed by atoms with Crippen LogP contribution in [0.5, 0.6) is 0 Å². The van der Waals surface area contributed by atoms with Crippen molar-refractivity contribution in [3.8, 4) is 0 Å². The molecule has 1 aliphatic rings. The molecular weight excluding hydrogens is 420 g/mol. The molecule has 4 rings (SSSR count). The Kier molecular flexibility index (Phi) is 6.33. The van der Waals surface area contributed by atoms with Gasteiger partial charge in [-0.1, -0.05) is 48.5 Å². The van der Waals surface area contributed by atoms with E-state index in [2.05, 4.69) is 23.5 Å². The Hall–Kier alpha value is -3.12. The molecule has 1 atom stereocenters. The molecule has 0 heterocycles. The summed E-state index contributed by atoms with van der Waals surface area (Å²) >= 11 is 0. The summed E-state index contributed by atoms with van der Waals surface area (Å²) in [6.07, 6.45) is 4.65. The second-order valence-electron chi connectivity index (χ2n) is 8.38. The molecule has 32 heavy (non-hydrogen) atoms. The lowest BCUT2D eigenvalue weighted by atomic mass is 10.0. The topological polar surface area (TPSA) is 66.5 Å². The fourth-order valence-corrected chi connectivity index (χ4v) is 5.03. The van der Waals surface area contributed by atoms with Gasteiger partial charge in [0.15, 0.2) is 0 Å². The first-order valence-corrected chi connectivity index (χ1v) is 12.7. The van der Waals surface area contributed by atoms with Gasteiger partial charge in [-0.05, 0) is 72.7 Å². The third-order valence-electron chi connectivity index (χ3n) is 5.96. The summed E-state index contributed by atoms with van der Waals surface area (Å²) in [6, 6.07) is 22.5. The highest BCUT2D eigenvalue weighted by Crippen LogP contribution is 2.26. The van der Waals surface area contributed by atoms with Crippen LogP contribution in [0.25, 0.3) is 0 Å². The van der Waals surface area contributed by atoms with Gasteiger partial charge in [0.25, 0.3) is 5.91 Å². The number of hydrogen-bond acceptors (Lipinski definition) is 3. The second kappa shape index (κ2) is 9.17. The van der Waals surface area contributed by atoms with Crippen LogP contribution >= 0.6 is 0 Å². The molecule has 1 N–H and O–H groups in total. The molecule has 5 nitrogen and oxygen atoms in total. The van der Waals surface area contributed by atoms with Crippen LogP contribution in [-0.2, 0) is 29.4 Å². The molecule has 0 fully saturated rings. The molecular formula is C26H28N2O3S. The molecule has 0 aliphatic heterocycles. The van der Waals surface area contributed by atoms with E-state index in [9.17, 15) is 13.2 Å². The van der Waals surface area contributed by atoms with Crippen molar-refractivity contribution in [1.82, 2.24) is 5.32 Å². The Morgan fingerprint density at radius 3 is 2.34 bits per heavy atom. The zero-order valence-corrected chi connectivity index (χ0v) is 19.2.